The fraction of sp³-hybridized carbons (Fsp3) is 0.562. The van der Waals surface area contributed by atoms with Gasteiger partial charge in [-0.3, -0.25) is 0 Å². The molecule has 202 valence electrons. The molecule has 37 heavy (non-hydrogen) atoms. The molecule has 0 amide bonds. The van der Waals surface area contributed by atoms with E-state index in [2.05, 4.69) is 122 Å². The highest BCUT2D eigenvalue weighted by Crippen LogP contribution is 2.45. The molecule has 0 heterocycles. The zero-order chi connectivity index (χ0) is 27.5. The van der Waals surface area contributed by atoms with Crippen molar-refractivity contribution in [1.29, 1.82) is 0 Å². The summed E-state index contributed by atoms with van der Waals surface area (Å²) in [7, 11) is -3.90. The number of ether oxygens (including phenoxy) is 1. The van der Waals surface area contributed by atoms with Gasteiger partial charge in [0.2, 0.25) is 0 Å². The first-order chi connectivity index (χ1) is 17.1. The second-order valence-corrected chi connectivity index (χ2v) is 23.0. The first-order valence-electron chi connectivity index (χ1n) is 13.7. The number of hydrogen-bond acceptors (Lipinski definition) is 3. The normalized spacial score (nSPS) is 17.1. The average Bonchev–Trinajstić information content (AvgIpc) is 3.23. The zero-order valence-corrected chi connectivity index (χ0v) is 26.8. The molecule has 0 radical (unpaired) electrons. The molecule has 0 saturated heterocycles. The molecular formula is C32H48O3Si2. The maximum absolute atomic E-state index is 7.03. The molecule has 0 aliphatic heterocycles. The predicted octanol–water partition coefficient (Wildman–Crippen LogP) is 8.71. The van der Waals surface area contributed by atoms with Crippen LogP contribution in [0.5, 0.6) is 5.75 Å². The van der Waals surface area contributed by atoms with Crippen LogP contribution in [0.3, 0.4) is 0 Å². The van der Waals surface area contributed by atoms with Gasteiger partial charge in [-0.05, 0) is 66.3 Å². The molecule has 1 aliphatic rings. The van der Waals surface area contributed by atoms with E-state index < -0.39 is 16.6 Å². The summed E-state index contributed by atoms with van der Waals surface area (Å²) in [5.41, 5.74) is 3.81. The van der Waals surface area contributed by atoms with Gasteiger partial charge < -0.3 is 13.6 Å². The third-order valence-corrected chi connectivity index (χ3v) is 17.6. The van der Waals surface area contributed by atoms with Crippen LogP contribution in [0.25, 0.3) is 0 Å². The van der Waals surface area contributed by atoms with Crippen LogP contribution in [0.1, 0.15) is 70.6 Å². The smallest absolute Gasteiger partial charge is 0.193 e. The van der Waals surface area contributed by atoms with E-state index in [1.807, 2.05) is 6.07 Å². The fourth-order valence-corrected chi connectivity index (χ4v) is 6.21. The van der Waals surface area contributed by atoms with Crippen molar-refractivity contribution in [2.45, 2.75) is 109 Å². The second kappa shape index (κ2) is 11.5. The van der Waals surface area contributed by atoms with Gasteiger partial charge >= 0.3 is 0 Å². The first kappa shape index (κ1) is 29.7. The Balaban J connectivity index is 1.89. The van der Waals surface area contributed by atoms with Gasteiger partial charge in [0.15, 0.2) is 16.6 Å². The minimum atomic E-state index is -2.05. The highest BCUT2D eigenvalue weighted by molar-refractivity contribution is 6.74. The molecule has 0 aromatic heterocycles. The lowest BCUT2D eigenvalue weighted by Gasteiger charge is -2.39. The molecule has 0 bridgehead atoms. The van der Waals surface area contributed by atoms with Crippen LogP contribution in [-0.4, -0.2) is 29.3 Å². The Morgan fingerprint density at radius 1 is 0.865 bits per heavy atom. The lowest BCUT2D eigenvalue weighted by atomic mass is 9.94. The lowest BCUT2D eigenvalue weighted by molar-refractivity contribution is 0.198. The molecule has 3 rings (SSSR count). The zero-order valence-electron chi connectivity index (χ0n) is 24.8. The van der Waals surface area contributed by atoms with E-state index >= 15 is 0 Å². The SMILES string of the molecule is CC(C)(C)[Si](C)(C)OCC#CC(O[Si](C)(C)C(C)(C)C)C1CCc2cccc(OCc3ccccc3)c21. The van der Waals surface area contributed by atoms with Crippen molar-refractivity contribution in [2.24, 2.45) is 0 Å². The van der Waals surface area contributed by atoms with Crippen LogP contribution < -0.4 is 4.74 Å². The molecular weight excluding hydrogens is 489 g/mol. The summed E-state index contributed by atoms with van der Waals surface area (Å²) in [6.45, 7) is 23.9. The molecule has 2 unspecified atom stereocenters. The van der Waals surface area contributed by atoms with Gasteiger partial charge in [-0.1, -0.05) is 95.8 Å². The van der Waals surface area contributed by atoms with Crippen molar-refractivity contribution >= 4 is 16.6 Å². The van der Waals surface area contributed by atoms with Gasteiger partial charge in [0, 0.05) is 11.5 Å². The van der Waals surface area contributed by atoms with Gasteiger partial charge in [0.05, 0.1) is 6.61 Å². The van der Waals surface area contributed by atoms with Gasteiger partial charge in [0.1, 0.15) is 18.5 Å². The molecule has 0 N–H and O–H groups in total. The molecule has 2 atom stereocenters. The Kier molecular flexibility index (Phi) is 9.23. The van der Waals surface area contributed by atoms with Crippen molar-refractivity contribution in [3.05, 3.63) is 65.2 Å². The highest BCUT2D eigenvalue weighted by Gasteiger charge is 2.42. The van der Waals surface area contributed by atoms with E-state index in [1.165, 1.54) is 16.7 Å². The quantitative estimate of drug-likeness (QED) is 0.249. The predicted molar refractivity (Wildman–Crippen MR) is 161 cm³/mol. The van der Waals surface area contributed by atoms with Gasteiger partial charge in [-0.2, -0.15) is 0 Å². The van der Waals surface area contributed by atoms with E-state index in [0.29, 0.717) is 13.2 Å². The summed E-state index contributed by atoms with van der Waals surface area (Å²) in [5.74, 6) is 8.11. The highest BCUT2D eigenvalue weighted by atomic mass is 28.4. The first-order valence-corrected chi connectivity index (χ1v) is 19.5. The maximum Gasteiger partial charge on any atom is 0.193 e. The Hall–Kier alpha value is -1.85. The van der Waals surface area contributed by atoms with E-state index in [4.69, 9.17) is 13.6 Å². The van der Waals surface area contributed by atoms with Crippen molar-refractivity contribution in [2.75, 3.05) is 6.61 Å². The minimum absolute atomic E-state index is 0.106. The number of rotatable bonds is 8. The number of aryl methyl sites for hydroxylation is 1. The average molecular weight is 537 g/mol. The van der Waals surface area contributed by atoms with Gasteiger partial charge in [0.25, 0.3) is 0 Å². The standard InChI is InChI=1S/C32H48O3Si2/c1-31(2,3)36(7,8)34-23-15-20-28(35-37(9,10)32(4,5)6)27-22-21-26-18-14-19-29(30(26)27)33-24-25-16-12-11-13-17-25/h11-14,16-19,27-28H,21-24H2,1-10H3. The van der Waals surface area contributed by atoms with E-state index in [0.717, 1.165) is 18.6 Å². The second-order valence-electron chi connectivity index (χ2n) is 13.4. The largest absolute Gasteiger partial charge is 0.489 e. The summed E-state index contributed by atoms with van der Waals surface area (Å²) < 4.78 is 19.8. The van der Waals surface area contributed by atoms with Crippen LogP contribution in [0, 0.1) is 11.8 Å². The van der Waals surface area contributed by atoms with Crippen molar-refractivity contribution in [1.82, 2.24) is 0 Å². The minimum Gasteiger partial charge on any atom is -0.489 e. The maximum atomic E-state index is 7.03. The van der Waals surface area contributed by atoms with Crippen molar-refractivity contribution in [3.8, 4) is 17.6 Å². The third-order valence-electron chi connectivity index (χ3n) is 8.64. The summed E-state index contributed by atoms with van der Waals surface area (Å²) in [6.07, 6.45) is 1.88. The lowest BCUT2D eigenvalue weighted by Crippen LogP contribution is -2.45. The Morgan fingerprint density at radius 3 is 2.14 bits per heavy atom. The Morgan fingerprint density at radius 2 is 1.51 bits per heavy atom. The summed E-state index contributed by atoms with van der Waals surface area (Å²) in [6, 6.07) is 16.8. The summed E-state index contributed by atoms with van der Waals surface area (Å²) >= 11 is 0. The molecule has 2 aromatic rings. The summed E-state index contributed by atoms with van der Waals surface area (Å²) in [5, 5.41) is 0.274. The molecule has 5 heteroatoms. The Labute approximate surface area is 228 Å². The molecule has 1 aliphatic carbocycles. The van der Waals surface area contributed by atoms with E-state index in [9.17, 15) is 0 Å². The van der Waals surface area contributed by atoms with Gasteiger partial charge in [-0.15, -0.1) is 0 Å². The third kappa shape index (κ3) is 7.38. The van der Waals surface area contributed by atoms with Crippen LogP contribution >= 0.6 is 0 Å². The monoisotopic (exact) mass is 536 g/mol. The fourth-order valence-electron chi connectivity index (χ4n) is 4.13. The molecule has 0 spiro atoms. The van der Waals surface area contributed by atoms with Crippen LogP contribution in [0.2, 0.25) is 36.3 Å². The number of hydrogen-bond donors (Lipinski definition) is 0. The van der Waals surface area contributed by atoms with Crippen LogP contribution in [0.15, 0.2) is 48.5 Å². The van der Waals surface area contributed by atoms with Crippen LogP contribution in [-0.2, 0) is 21.9 Å². The van der Waals surface area contributed by atoms with Crippen molar-refractivity contribution in [3.63, 3.8) is 0 Å². The molecule has 3 nitrogen and oxygen atoms in total. The van der Waals surface area contributed by atoms with Gasteiger partial charge in [-0.25, -0.2) is 0 Å². The Bertz CT molecular complexity index is 1100. The topological polar surface area (TPSA) is 27.7 Å². The number of benzene rings is 2. The van der Waals surface area contributed by atoms with Crippen molar-refractivity contribution < 1.29 is 13.6 Å². The molecule has 0 saturated carbocycles. The van der Waals surface area contributed by atoms with E-state index in [-0.39, 0.29) is 22.1 Å². The molecule has 0 fully saturated rings. The van der Waals surface area contributed by atoms with Crippen LogP contribution in [0.4, 0.5) is 0 Å². The molecule has 2 aromatic carbocycles. The van der Waals surface area contributed by atoms with E-state index in [1.54, 1.807) is 0 Å². The number of fused-ring (bicyclic) bond motifs is 1. The summed E-state index contributed by atoms with van der Waals surface area (Å²) in [4.78, 5) is 0.